The predicted molar refractivity (Wildman–Crippen MR) is 110 cm³/mol. The Morgan fingerprint density at radius 3 is 2.58 bits per heavy atom. The summed E-state index contributed by atoms with van der Waals surface area (Å²) < 4.78 is 1.07. The van der Waals surface area contributed by atoms with Gasteiger partial charge in [0.05, 0.1) is 0 Å². The van der Waals surface area contributed by atoms with Crippen LogP contribution >= 0.6 is 39.3 Å². The summed E-state index contributed by atoms with van der Waals surface area (Å²) in [6.07, 6.45) is 1.05. The normalized spacial score (nSPS) is 12.5. The lowest BCUT2D eigenvalue weighted by Gasteiger charge is -2.19. The van der Waals surface area contributed by atoms with Crippen LogP contribution in [-0.2, 0) is 0 Å². The molecular weight excluding hydrogens is 402 g/mol. The summed E-state index contributed by atoms with van der Waals surface area (Å²) in [5, 5.41) is 6.94. The molecule has 0 aromatic heterocycles. The third-order valence-electron chi connectivity index (χ3n) is 3.97. The van der Waals surface area contributed by atoms with E-state index >= 15 is 0 Å². The average molecular weight is 421 g/mol. The highest BCUT2D eigenvalue weighted by Crippen LogP contribution is 2.41. The van der Waals surface area contributed by atoms with Crippen molar-refractivity contribution < 1.29 is 0 Å². The van der Waals surface area contributed by atoms with E-state index in [0.717, 1.165) is 22.5 Å². The van der Waals surface area contributed by atoms with Gasteiger partial charge in [-0.1, -0.05) is 63.9 Å². The number of fused-ring (bicyclic) bond motifs is 1. The summed E-state index contributed by atoms with van der Waals surface area (Å²) in [7, 11) is 1.99. The minimum atomic E-state index is 0.366. The van der Waals surface area contributed by atoms with Crippen LogP contribution in [0.15, 0.2) is 70.0 Å². The first kappa shape index (κ1) is 17.8. The molecule has 0 heterocycles. The van der Waals surface area contributed by atoms with Crippen LogP contribution < -0.4 is 5.32 Å². The molecule has 1 nitrogen and oxygen atoms in total. The van der Waals surface area contributed by atoms with E-state index in [4.69, 9.17) is 11.6 Å². The third-order valence-corrected chi connectivity index (χ3v) is 6.19. The van der Waals surface area contributed by atoms with Gasteiger partial charge in [-0.25, -0.2) is 0 Å². The standard InChI is InChI=1S/C20H19BrClNS/c1-23-11-10-20(18-9-7-16(22)13-19(18)21)24-17-8-6-14-4-2-3-5-15(14)12-17/h2-9,12-13,20,23H,10-11H2,1H3. The molecule has 24 heavy (non-hydrogen) atoms. The number of rotatable bonds is 6. The van der Waals surface area contributed by atoms with Crippen molar-refractivity contribution in [2.24, 2.45) is 0 Å². The van der Waals surface area contributed by atoms with Gasteiger partial charge < -0.3 is 5.32 Å². The van der Waals surface area contributed by atoms with E-state index in [1.165, 1.54) is 21.2 Å². The molecule has 0 aliphatic rings. The molecule has 0 bridgehead atoms. The first-order valence-corrected chi connectivity index (χ1v) is 9.97. The van der Waals surface area contributed by atoms with Crippen molar-refractivity contribution in [1.29, 1.82) is 0 Å². The molecule has 4 heteroatoms. The van der Waals surface area contributed by atoms with E-state index in [-0.39, 0.29) is 0 Å². The molecule has 0 spiro atoms. The highest BCUT2D eigenvalue weighted by atomic mass is 79.9. The van der Waals surface area contributed by atoms with Gasteiger partial charge in [0.2, 0.25) is 0 Å². The zero-order chi connectivity index (χ0) is 16.9. The summed E-state index contributed by atoms with van der Waals surface area (Å²) in [4.78, 5) is 1.29. The van der Waals surface area contributed by atoms with Crippen molar-refractivity contribution in [1.82, 2.24) is 5.32 Å². The fraction of sp³-hybridized carbons (Fsp3) is 0.200. The average Bonchev–Trinajstić information content (AvgIpc) is 2.59. The molecule has 0 amide bonds. The molecule has 0 saturated carbocycles. The quantitative estimate of drug-likeness (QED) is 0.445. The number of thioether (sulfide) groups is 1. The van der Waals surface area contributed by atoms with Gasteiger partial charge in [-0.15, -0.1) is 11.8 Å². The SMILES string of the molecule is CNCCC(Sc1ccc2ccccc2c1)c1ccc(Cl)cc1Br. The van der Waals surface area contributed by atoms with Crippen LogP contribution in [0.3, 0.4) is 0 Å². The highest BCUT2D eigenvalue weighted by molar-refractivity contribution is 9.10. The largest absolute Gasteiger partial charge is 0.320 e. The maximum absolute atomic E-state index is 6.10. The first-order chi connectivity index (χ1) is 11.7. The lowest BCUT2D eigenvalue weighted by atomic mass is 10.1. The monoisotopic (exact) mass is 419 g/mol. The second-order valence-corrected chi connectivity index (χ2v) is 8.24. The van der Waals surface area contributed by atoms with Crippen LogP contribution in [0.5, 0.6) is 0 Å². The van der Waals surface area contributed by atoms with Gasteiger partial charge in [0.1, 0.15) is 0 Å². The van der Waals surface area contributed by atoms with Crippen LogP contribution in [0, 0.1) is 0 Å². The summed E-state index contributed by atoms with van der Waals surface area (Å²) in [5.74, 6) is 0. The zero-order valence-electron chi connectivity index (χ0n) is 13.4. The van der Waals surface area contributed by atoms with Gasteiger partial charge in [-0.05, 0) is 60.6 Å². The van der Waals surface area contributed by atoms with E-state index in [0.29, 0.717) is 5.25 Å². The van der Waals surface area contributed by atoms with Crippen molar-refractivity contribution in [3.05, 3.63) is 75.7 Å². The van der Waals surface area contributed by atoms with Gasteiger partial charge in [0.15, 0.2) is 0 Å². The highest BCUT2D eigenvalue weighted by Gasteiger charge is 2.16. The van der Waals surface area contributed by atoms with E-state index in [1.54, 1.807) is 0 Å². The lowest BCUT2D eigenvalue weighted by Crippen LogP contribution is -2.11. The number of hydrogen-bond donors (Lipinski definition) is 1. The van der Waals surface area contributed by atoms with Gasteiger partial charge in [-0.2, -0.15) is 0 Å². The maximum Gasteiger partial charge on any atom is 0.0417 e. The van der Waals surface area contributed by atoms with Crippen molar-refractivity contribution >= 4 is 50.1 Å². The second-order valence-electron chi connectivity index (χ2n) is 5.67. The van der Waals surface area contributed by atoms with E-state index in [2.05, 4.69) is 69.8 Å². The molecule has 3 rings (SSSR count). The molecule has 3 aromatic rings. The maximum atomic E-state index is 6.10. The number of halogens is 2. The molecule has 0 saturated heterocycles. The van der Waals surface area contributed by atoms with Crippen molar-refractivity contribution in [2.75, 3.05) is 13.6 Å². The molecular formula is C20H19BrClNS. The Kier molecular flexibility index (Phi) is 6.23. The first-order valence-electron chi connectivity index (χ1n) is 7.92. The van der Waals surface area contributed by atoms with E-state index < -0.39 is 0 Å². The molecule has 0 aliphatic heterocycles. The molecule has 124 valence electrons. The Hall–Kier alpha value is -1.000. The van der Waals surface area contributed by atoms with Crippen LogP contribution in [-0.4, -0.2) is 13.6 Å². The van der Waals surface area contributed by atoms with Crippen LogP contribution in [0.25, 0.3) is 10.8 Å². The van der Waals surface area contributed by atoms with Crippen LogP contribution in [0.2, 0.25) is 5.02 Å². The summed E-state index contributed by atoms with van der Waals surface area (Å²) in [6, 6.07) is 21.2. The van der Waals surface area contributed by atoms with E-state index in [1.807, 2.05) is 30.9 Å². The topological polar surface area (TPSA) is 12.0 Å². The fourth-order valence-corrected chi connectivity index (χ4v) is 5.07. The Morgan fingerprint density at radius 2 is 1.83 bits per heavy atom. The van der Waals surface area contributed by atoms with Crippen molar-refractivity contribution in [3.63, 3.8) is 0 Å². The van der Waals surface area contributed by atoms with Gasteiger partial charge in [0, 0.05) is 19.6 Å². The minimum absolute atomic E-state index is 0.366. The van der Waals surface area contributed by atoms with Crippen molar-refractivity contribution in [2.45, 2.75) is 16.6 Å². The predicted octanol–water partition coefficient (Wildman–Crippen LogP) is 6.70. The fourth-order valence-electron chi connectivity index (χ4n) is 2.72. The Balaban J connectivity index is 1.90. The molecule has 1 atom stereocenters. The third kappa shape index (κ3) is 4.34. The Bertz CT molecular complexity index is 837. The smallest absolute Gasteiger partial charge is 0.0417 e. The Labute approximate surface area is 160 Å². The van der Waals surface area contributed by atoms with E-state index in [9.17, 15) is 0 Å². The Morgan fingerprint density at radius 1 is 1.04 bits per heavy atom. The molecule has 3 aromatic carbocycles. The van der Waals surface area contributed by atoms with Gasteiger partial charge in [-0.3, -0.25) is 0 Å². The second kappa shape index (κ2) is 8.39. The number of hydrogen-bond acceptors (Lipinski definition) is 2. The molecule has 0 radical (unpaired) electrons. The van der Waals surface area contributed by atoms with Crippen LogP contribution in [0.1, 0.15) is 17.2 Å². The molecule has 1 N–H and O–H groups in total. The van der Waals surface area contributed by atoms with Gasteiger partial charge in [0.25, 0.3) is 0 Å². The molecule has 0 fully saturated rings. The summed E-state index contributed by atoms with van der Waals surface area (Å²) in [5.41, 5.74) is 1.29. The molecule has 0 aliphatic carbocycles. The summed E-state index contributed by atoms with van der Waals surface area (Å²) in [6.45, 7) is 0.973. The van der Waals surface area contributed by atoms with Crippen LogP contribution in [0.4, 0.5) is 0 Å². The zero-order valence-corrected chi connectivity index (χ0v) is 16.6. The summed E-state index contributed by atoms with van der Waals surface area (Å²) >= 11 is 11.7. The number of nitrogens with one attached hydrogen (secondary N) is 1. The van der Waals surface area contributed by atoms with Gasteiger partial charge >= 0.3 is 0 Å². The molecule has 1 unspecified atom stereocenters. The number of benzene rings is 3. The lowest BCUT2D eigenvalue weighted by molar-refractivity contribution is 0.713. The van der Waals surface area contributed by atoms with Crippen molar-refractivity contribution in [3.8, 4) is 0 Å². The minimum Gasteiger partial charge on any atom is -0.320 e.